The van der Waals surface area contributed by atoms with Gasteiger partial charge in [-0.3, -0.25) is 4.79 Å². The van der Waals surface area contributed by atoms with Crippen molar-refractivity contribution in [3.63, 3.8) is 0 Å². The number of nitrogens with one attached hydrogen (secondary N) is 1. The molecule has 0 saturated heterocycles. The Bertz CT molecular complexity index is 343. The highest BCUT2D eigenvalue weighted by molar-refractivity contribution is 6.06. The Kier molecular flexibility index (Phi) is 4.54. The van der Waals surface area contributed by atoms with Crippen LogP contribution in [0.25, 0.3) is 5.57 Å². The molecule has 0 amide bonds. The maximum absolute atomic E-state index is 12.6. The van der Waals surface area contributed by atoms with Crippen molar-refractivity contribution in [1.29, 1.82) is 0 Å². The van der Waals surface area contributed by atoms with Gasteiger partial charge in [0.2, 0.25) is 0 Å². The third-order valence-electron chi connectivity index (χ3n) is 1.96. The van der Waals surface area contributed by atoms with E-state index in [0.29, 0.717) is 5.57 Å². The summed E-state index contributed by atoms with van der Waals surface area (Å²) < 4.78 is 12.6. The molecule has 2 nitrogen and oxygen atoms in total. The van der Waals surface area contributed by atoms with E-state index < -0.39 is 0 Å². The van der Waals surface area contributed by atoms with Gasteiger partial charge in [-0.2, -0.15) is 0 Å². The maximum Gasteiger partial charge on any atom is 0.152 e. The normalized spacial score (nSPS) is 11.2. The lowest BCUT2D eigenvalue weighted by atomic mass is 10.1. The first-order valence-corrected chi connectivity index (χ1v) is 4.92. The third-order valence-corrected chi connectivity index (χ3v) is 1.96. The first-order valence-electron chi connectivity index (χ1n) is 4.92. The van der Waals surface area contributed by atoms with Crippen LogP contribution in [0, 0.1) is 5.82 Å². The van der Waals surface area contributed by atoms with Crippen LogP contribution in [-0.4, -0.2) is 12.8 Å². The molecule has 0 aliphatic heterocycles. The third kappa shape index (κ3) is 3.54. The Morgan fingerprint density at radius 1 is 1.40 bits per heavy atom. The van der Waals surface area contributed by atoms with Gasteiger partial charge in [0, 0.05) is 18.3 Å². The van der Waals surface area contributed by atoms with Crippen molar-refractivity contribution in [2.75, 3.05) is 6.54 Å². The zero-order valence-electron chi connectivity index (χ0n) is 8.66. The van der Waals surface area contributed by atoms with Crippen LogP contribution in [0.2, 0.25) is 0 Å². The molecule has 0 aliphatic rings. The summed E-state index contributed by atoms with van der Waals surface area (Å²) >= 11 is 0. The average molecular weight is 207 g/mol. The van der Waals surface area contributed by atoms with Gasteiger partial charge in [-0.1, -0.05) is 19.1 Å². The lowest BCUT2D eigenvalue weighted by Gasteiger charge is -2.02. The number of carbonyl (C=O) groups is 1. The van der Waals surface area contributed by atoms with Crippen molar-refractivity contribution in [1.82, 2.24) is 5.32 Å². The second-order valence-corrected chi connectivity index (χ2v) is 3.18. The summed E-state index contributed by atoms with van der Waals surface area (Å²) in [6.45, 7) is 2.86. The lowest BCUT2D eigenvalue weighted by Crippen LogP contribution is -2.07. The van der Waals surface area contributed by atoms with E-state index in [2.05, 4.69) is 5.32 Å². The van der Waals surface area contributed by atoms with Crippen LogP contribution >= 0.6 is 0 Å². The highest BCUT2D eigenvalue weighted by atomic mass is 19.1. The van der Waals surface area contributed by atoms with Crippen molar-refractivity contribution >= 4 is 11.9 Å². The Hall–Kier alpha value is -1.64. The monoisotopic (exact) mass is 207 g/mol. The van der Waals surface area contributed by atoms with E-state index in [1.54, 1.807) is 18.3 Å². The molecule has 0 spiro atoms. The van der Waals surface area contributed by atoms with Crippen molar-refractivity contribution in [3.8, 4) is 0 Å². The van der Waals surface area contributed by atoms with Crippen LogP contribution in [0.1, 0.15) is 18.9 Å². The molecule has 0 heterocycles. The molecular formula is C12H14FNO. The number of benzene rings is 1. The van der Waals surface area contributed by atoms with Gasteiger partial charge in [0.15, 0.2) is 6.29 Å². The largest absolute Gasteiger partial charge is 0.390 e. The number of halogens is 1. The SMILES string of the molecule is CCCN/C=C(\C=O)c1ccc(F)cc1. The number of hydrogen-bond acceptors (Lipinski definition) is 2. The standard InChI is InChI=1S/C12H14FNO/c1-2-7-14-8-11(9-15)10-3-5-12(13)6-4-10/h3-6,8-9,14H,2,7H2,1H3/b11-8+. The van der Waals surface area contributed by atoms with E-state index in [1.165, 1.54) is 12.1 Å². The molecule has 0 aromatic heterocycles. The molecule has 1 N–H and O–H groups in total. The van der Waals surface area contributed by atoms with Crippen molar-refractivity contribution < 1.29 is 9.18 Å². The minimum atomic E-state index is -0.300. The molecular weight excluding hydrogens is 193 g/mol. The summed E-state index contributed by atoms with van der Waals surface area (Å²) in [5.74, 6) is -0.300. The van der Waals surface area contributed by atoms with Crippen LogP contribution < -0.4 is 5.32 Å². The predicted molar refractivity (Wildman–Crippen MR) is 58.7 cm³/mol. The topological polar surface area (TPSA) is 29.1 Å². The van der Waals surface area contributed by atoms with E-state index >= 15 is 0 Å². The number of hydrogen-bond donors (Lipinski definition) is 1. The van der Waals surface area contributed by atoms with Gasteiger partial charge in [0.05, 0.1) is 0 Å². The van der Waals surface area contributed by atoms with Crippen LogP contribution in [-0.2, 0) is 4.79 Å². The van der Waals surface area contributed by atoms with Crippen LogP contribution in [0.15, 0.2) is 30.5 Å². The predicted octanol–water partition coefficient (Wildman–Crippen LogP) is 2.37. The Labute approximate surface area is 88.8 Å². The van der Waals surface area contributed by atoms with E-state index in [9.17, 15) is 9.18 Å². The Morgan fingerprint density at radius 2 is 2.07 bits per heavy atom. The van der Waals surface area contributed by atoms with Gasteiger partial charge in [0.1, 0.15) is 5.82 Å². The van der Waals surface area contributed by atoms with Gasteiger partial charge in [-0.25, -0.2) is 4.39 Å². The summed E-state index contributed by atoms with van der Waals surface area (Å²) in [6.07, 6.45) is 3.41. The van der Waals surface area contributed by atoms with E-state index in [1.807, 2.05) is 6.92 Å². The molecule has 0 fully saturated rings. The summed E-state index contributed by atoms with van der Waals surface area (Å²) in [4.78, 5) is 10.8. The highest BCUT2D eigenvalue weighted by Gasteiger charge is 1.99. The number of allylic oxidation sites excluding steroid dienone is 1. The molecule has 1 aromatic rings. The lowest BCUT2D eigenvalue weighted by molar-refractivity contribution is -0.103. The average Bonchev–Trinajstić information content (AvgIpc) is 2.26. The first kappa shape index (κ1) is 11.4. The molecule has 1 aromatic carbocycles. The fraction of sp³-hybridized carbons (Fsp3) is 0.250. The zero-order chi connectivity index (χ0) is 11.1. The minimum Gasteiger partial charge on any atom is -0.390 e. The minimum absolute atomic E-state index is 0.300. The van der Waals surface area contributed by atoms with Gasteiger partial charge in [-0.05, 0) is 24.1 Å². The molecule has 0 atom stereocenters. The number of rotatable bonds is 5. The van der Waals surface area contributed by atoms with Gasteiger partial charge >= 0.3 is 0 Å². The van der Waals surface area contributed by atoms with Crippen LogP contribution in [0.5, 0.6) is 0 Å². The number of aldehydes is 1. The van der Waals surface area contributed by atoms with Crippen molar-refractivity contribution in [2.45, 2.75) is 13.3 Å². The smallest absolute Gasteiger partial charge is 0.152 e. The highest BCUT2D eigenvalue weighted by Crippen LogP contribution is 2.11. The molecule has 0 radical (unpaired) electrons. The fourth-order valence-electron chi connectivity index (χ4n) is 1.15. The molecule has 0 unspecified atom stereocenters. The Morgan fingerprint density at radius 3 is 2.60 bits per heavy atom. The molecule has 0 aliphatic carbocycles. The van der Waals surface area contributed by atoms with E-state index in [4.69, 9.17) is 0 Å². The maximum atomic E-state index is 12.6. The van der Waals surface area contributed by atoms with E-state index in [0.717, 1.165) is 24.8 Å². The van der Waals surface area contributed by atoms with Crippen LogP contribution in [0.3, 0.4) is 0 Å². The molecule has 80 valence electrons. The second-order valence-electron chi connectivity index (χ2n) is 3.18. The summed E-state index contributed by atoms with van der Waals surface area (Å²) in [5, 5.41) is 3.01. The molecule has 0 saturated carbocycles. The van der Waals surface area contributed by atoms with Crippen LogP contribution in [0.4, 0.5) is 4.39 Å². The van der Waals surface area contributed by atoms with Gasteiger partial charge in [0.25, 0.3) is 0 Å². The summed E-state index contributed by atoms with van der Waals surface area (Å²) in [5.41, 5.74) is 1.25. The molecule has 1 rings (SSSR count). The first-order chi connectivity index (χ1) is 7.27. The van der Waals surface area contributed by atoms with Gasteiger partial charge < -0.3 is 5.32 Å². The quantitative estimate of drug-likeness (QED) is 0.456. The van der Waals surface area contributed by atoms with Crippen molar-refractivity contribution in [3.05, 3.63) is 41.8 Å². The van der Waals surface area contributed by atoms with Gasteiger partial charge in [-0.15, -0.1) is 0 Å². The fourth-order valence-corrected chi connectivity index (χ4v) is 1.15. The Balaban J connectivity index is 2.78. The van der Waals surface area contributed by atoms with E-state index in [-0.39, 0.29) is 5.82 Å². The summed E-state index contributed by atoms with van der Waals surface area (Å²) in [7, 11) is 0. The molecule has 0 bridgehead atoms. The zero-order valence-corrected chi connectivity index (χ0v) is 8.66. The molecule has 3 heteroatoms. The number of carbonyl (C=O) groups excluding carboxylic acids is 1. The van der Waals surface area contributed by atoms with Crippen molar-refractivity contribution in [2.24, 2.45) is 0 Å². The summed E-state index contributed by atoms with van der Waals surface area (Å²) in [6, 6.07) is 5.85. The second kappa shape index (κ2) is 5.96. The molecule has 15 heavy (non-hydrogen) atoms.